The number of hydrogen-bond acceptors (Lipinski definition) is 8. The standard InChI is InChI=1S/C31H44N8O7/c1-16(2)27-31(45)34-17(3)15-46-24-10-8-7-9-21(24)28(42)36-23(14-26(41)35-22(13-25(32)40)30(44)37-27)29(43)33-12-11-20-18(4)38-39(6)19(20)5/h7-10,16-17,22-23,27H,11-15H2,1-6H3,(H2,32,40)(H,33,43)(H,34,45)(H,35,41)(H,36,42)(H,37,44)/t17-,22-,23-,27+/m0/s1. The molecule has 2 heterocycles. The van der Waals surface area contributed by atoms with E-state index in [1.54, 1.807) is 43.7 Å². The first kappa shape index (κ1) is 35.5. The van der Waals surface area contributed by atoms with Gasteiger partial charge in [0.05, 0.1) is 30.1 Å². The second kappa shape index (κ2) is 15.9. The highest BCUT2D eigenvalue weighted by Crippen LogP contribution is 2.19. The van der Waals surface area contributed by atoms with Gasteiger partial charge in [0.1, 0.15) is 30.5 Å². The summed E-state index contributed by atoms with van der Waals surface area (Å²) < 4.78 is 7.62. The Morgan fingerprint density at radius 3 is 2.39 bits per heavy atom. The number of ether oxygens (including phenoxy) is 1. The zero-order chi connectivity index (χ0) is 34.1. The number of nitrogens with zero attached hydrogens (tertiary/aromatic N) is 2. The third-order valence-electron chi connectivity index (χ3n) is 7.66. The van der Waals surface area contributed by atoms with E-state index in [-0.39, 0.29) is 30.4 Å². The third kappa shape index (κ3) is 9.52. The Morgan fingerprint density at radius 2 is 1.76 bits per heavy atom. The van der Waals surface area contributed by atoms with E-state index in [1.807, 2.05) is 20.9 Å². The molecular weight excluding hydrogens is 596 g/mol. The fourth-order valence-electron chi connectivity index (χ4n) is 5.07. The third-order valence-corrected chi connectivity index (χ3v) is 7.66. The number of hydrogen-bond donors (Lipinski definition) is 6. The molecule has 0 unspecified atom stereocenters. The highest BCUT2D eigenvalue weighted by molar-refractivity contribution is 6.01. The van der Waals surface area contributed by atoms with E-state index in [9.17, 15) is 28.8 Å². The van der Waals surface area contributed by atoms with E-state index in [0.717, 1.165) is 17.0 Å². The first-order valence-electron chi connectivity index (χ1n) is 15.2. The van der Waals surface area contributed by atoms with Gasteiger partial charge < -0.3 is 37.1 Å². The van der Waals surface area contributed by atoms with Crippen LogP contribution in [0.4, 0.5) is 0 Å². The lowest BCUT2D eigenvalue weighted by Gasteiger charge is -2.26. The van der Waals surface area contributed by atoms with Crippen molar-refractivity contribution < 1.29 is 33.5 Å². The summed E-state index contributed by atoms with van der Waals surface area (Å²) in [6, 6.07) is 2.01. The van der Waals surface area contributed by atoms with Gasteiger partial charge in [0, 0.05) is 19.3 Å². The van der Waals surface area contributed by atoms with Crippen molar-refractivity contribution in [2.75, 3.05) is 13.2 Å². The zero-order valence-corrected chi connectivity index (χ0v) is 27.1. The van der Waals surface area contributed by atoms with Crippen molar-refractivity contribution in [2.45, 2.75) is 78.0 Å². The predicted molar refractivity (Wildman–Crippen MR) is 167 cm³/mol. The second-order valence-electron chi connectivity index (χ2n) is 11.8. The number of rotatable bonds is 7. The fraction of sp³-hybridized carbons (Fsp3) is 0.516. The number of nitrogens with two attached hydrogens (primary N) is 1. The molecule has 15 heteroatoms. The normalized spacial score (nSPS) is 21.5. The molecule has 15 nitrogen and oxygen atoms in total. The van der Waals surface area contributed by atoms with Gasteiger partial charge in [-0.05, 0) is 50.8 Å². The molecule has 7 N–H and O–H groups in total. The largest absolute Gasteiger partial charge is 0.491 e. The number of benzene rings is 1. The molecule has 1 aromatic carbocycles. The molecule has 0 saturated heterocycles. The minimum absolute atomic E-state index is 0.0176. The smallest absolute Gasteiger partial charge is 0.255 e. The average molecular weight is 641 g/mol. The van der Waals surface area contributed by atoms with Crippen LogP contribution in [0.15, 0.2) is 24.3 Å². The molecule has 1 aliphatic rings. The number of aromatic nitrogens is 2. The molecule has 0 fully saturated rings. The fourth-order valence-corrected chi connectivity index (χ4v) is 5.07. The van der Waals surface area contributed by atoms with Gasteiger partial charge in [0.2, 0.25) is 29.5 Å². The lowest BCUT2D eigenvalue weighted by atomic mass is 10.0. The van der Waals surface area contributed by atoms with Crippen LogP contribution in [-0.4, -0.2) is 82.5 Å². The topological polar surface area (TPSA) is 216 Å². The number of carbonyl (C=O) groups is 6. The molecule has 1 aromatic heterocycles. The molecule has 6 amide bonds. The van der Waals surface area contributed by atoms with E-state index in [2.05, 4.69) is 31.7 Å². The Balaban J connectivity index is 1.92. The average Bonchev–Trinajstić information content (AvgIpc) is 3.22. The zero-order valence-electron chi connectivity index (χ0n) is 27.1. The van der Waals surface area contributed by atoms with Gasteiger partial charge in [0.15, 0.2) is 0 Å². The Morgan fingerprint density at radius 1 is 1.07 bits per heavy atom. The number of nitrogens with one attached hydrogen (secondary N) is 5. The van der Waals surface area contributed by atoms with Crippen molar-refractivity contribution in [3.05, 3.63) is 46.8 Å². The summed E-state index contributed by atoms with van der Waals surface area (Å²) in [5.41, 5.74) is 8.20. The number of fused-ring (bicyclic) bond motifs is 1. The van der Waals surface area contributed by atoms with Crippen LogP contribution in [0.1, 0.15) is 60.9 Å². The molecule has 0 bridgehead atoms. The molecule has 0 aliphatic carbocycles. The molecule has 0 spiro atoms. The minimum Gasteiger partial charge on any atom is -0.491 e. The van der Waals surface area contributed by atoms with Gasteiger partial charge in [-0.25, -0.2) is 0 Å². The van der Waals surface area contributed by atoms with Crippen LogP contribution in [0.5, 0.6) is 5.75 Å². The van der Waals surface area contributed by atoms with E-state index in [1.165, 1.54) is 6.07 Å². The van der Waals surface area contributed by atoms with E-state index in [0.29, 0.717) is 6.42 Å². The molecule has 3 rings (SSSR count). The van der Waals surface area contributed by atoms with Crippen molar-refractivity contribution in [3.63, 3.8) is 0 Å². The van der Waals surface area contributed by atoms with E-state index >= 15 is 0 Å². The molecule has 0 saturated carbocycles. The molecule has 0 radical (unpaired) electrons. The number of para-hydroxylation sites is 1. The maximum absolute atomic E-state index is 13.5. The number of carbonyl (C=O) groups excluding carboxylic acids is 6. The summed E-state index contributed by atoms with van der Waals surface area (Å²) in [6.07, 6.45) is -0.669. The summed E-state index contributed by atoms with van der Waals surface area (Å²) >= 11 is 0. The Labute approximate surface area is 267 Å². The maximum atomic E-state index is 13.5. The van der Waals surface area contributed by atoms with Gasteiger partial charge in [0.25, 0.3) is 5.91 Å². The van der Waals surface area contributed by atoms with Crippen LogP contribution in [0.25, 0.3) is 0 Å². The maximum Gasteiger partial charge on any atom is 0.255 e. The predicted octanol–water partition coefficient (Wildman–Crippen LogP) is -0.718. The monoisotopic (exact) mass is 640 g/mol. The number of aryl methyl sites for hydroxylation is 2. The van der Waals surface area contributed by atoms with Crippen LogP contribution in [0.3, 0.4) is 0 Å². The highest BCUT2D eigenvalue weighted by Gasteiger charge is 2.32. The van der Waals surface area contributed by atoms with Crippen LogP contribution >= 0.6 is 0 Å². The molecule has 250 valence electrons. The van der Waals surface area contributed by atoms with E-state index in [4.69, 9.17) is 10.5 Å². The molecule has 1 aliphatic heterocycles. The van der Waals surface area contributed by atoms with Gasteiger partial charge >= 0.3 is 0 Å². The number of primary amides is 1. The first-order valence-corrected chi connectivity index (χ1v) is 15.2. The molecule has 4 atom stereocenters. The van der Waals surface area contributed by atoms with Gasteiger partial charge in [-0.2, -0.15) is 5.10 Å². The van der Waals surface area contributed by atoms with Crippen LogP contribution < -0.4 is 37.1 Å². The molecular formula is C31H44N8O7. The minimum atomic E-state index is -1.44. The summed E-state index contributed by atoms with van der Waals surface area (Å²) in [5.74, 6) is -4.49. The SMILES string of the molecule is Cc1nn(C)c(C)c1CCNC(=O)[C@@H]1CC(=O)N[C@@H](CC(N)=O)C(=O)N[C@H](C(C)C)C(=O)N[C@@H](C)COc2ccccc2C(=O)N1. The van der Waals surface area contributed by atoms with E-state index < -0.39 is 72.5 Å². The van der Waals surface area contributed by atoms with Gasteiger partial charge in [-0.3, -0.25) is 33.4 Å². The van der Waals surface area contributed by atoms with Gasteiger partial charge in [-0.15, -0.1) is 0 Å². The van der Waals surface area contributed by atoms with Crippen molar-refractivity contribution in [3.8, 4) is 5.75 Å². The first-order chi connectivity index (χ1) is 21.7. The van der Waals surface area contributed by atoms with Crippen molar-refractivity contribution in [2.24, 2.45) is 18.7 Å². The summed E-state index contributed by atoms with van der Waals surface area (Å²) in [7, 11) is 1.82. The van der Waals surface area contributed by atoms with Crippen LogP contribution in [0, 0.1) is 19.8 Å². The number of amides is 6. The van der Waals surface area contributed by atoms with Crippen LogP contribution in [-0.2, 0) is 37.4 Å². The molecule has 46 heavy (non-hydrogen) atoms. The summed E-state index contributed by atoms with van der Waals surface area (Å²) in [5, 5.41) is 17.6. The Hall–Kier alpha value is -4.95. The van der Waals surface area contributed by atoms with Gasteiger partial charge in [-0.1, -0.05) is 26.0 Å². The molecule has 2 aromatic rings. The lowest BCUT2D eigenvalue weighted by molar-refractivity contribution is -0.135. The summed E-state index contributed by atoms with van der Waals surface area (Å²) in [6.45, 7) is 9.11. The van der Waals surface area contributed by atoms with Crippen molar-refractivity contribution in [1.82, 2.24) is 36.4 Å². The lowest BCUT2D eigenvalue weighted by Crippen LogP contribution is -2.58. The Kier molecular flexibility index (Phi) is 12.3. The second-order valence-corrected chi connectivity index (χ2v) is 11.8. The van der Waals surface area contributed by atoms with Crippen molar-refractivity contribution in [1.29, 1.82) is 0 Å². The highest BCUT2D eigenvalue weighted by atomic mass is 16.5. The Bertz CT molecular complexity index is 1470. The quantitative estimate of drug-likeness (QED) is 0.227. The summed E-state index contributed by atoms with van der Waals surface area (Å²) in [4.78, 5) is 78.3. The van der Waals surface area contributed by atoms with Crippen LogP contribution in [0.2, 0.25) is 0 Å². The van der Waals surface area contributed by atoms with Crippen molar-refractivity contribution >= 4 is 35.4 Å².